The van der Waals surface area contributed by atoms with Crippen LogP contribution in [0.4, 0.5) is 0 Å². The highest BCUT2D eigenvalue weighted by atomic mass is 16.7. The molecule has 20 heavy (non-hydrogen) atoms. The lowest BCUT2D eigenvalue weighted by Gasteiger charge is -2.43. The Kier molecular flexibility index (Phi) is 6.34. The number of carbonyl (C=O) groups excluding carboxylic acids is 2. The molecule has 0 bridgehead atoms. The van der Waals surface area contributed by atoms with E-state index in [1.54, 1.807) is 0 Å². The highest BCUT2D eigenvalue weighted by molar-refractivity contribution is 5.73. The number of ether oxygens (including phenoxy) is 4. The third-order valence-corrected chi connectivity index (χ3v) is 2.94. The van der Waals surface area contributed by atoms with E-state index in [4.69, 9.17) is 18.9 Å². The van der Waals surface area contributed by atoms with E-state index in [9.17, 15) is 14.7 Å². The molecule has 1 heterocycles. The van der Waals surface area contributed by atoms with E-state index in [0.29, 0.717) is 0 Å². The molecule has 2 N–H and O–H groups in total. The monoisotopic (exact) mass is 291 g/mol. The fourth-order valence-electron chi connectivity index (χ4n) is 2.22. The van der Waals surface area contributed by atoms with Crippen molar-refractivity contribution in [3.8, 4) is 0 Å². The number of rotatable bonds is 5. The van der Waals surface area contributed by atoms with Crippen molar-refractivity contribution in [2.24, 2.45) is 0 Å². The smallest absolute Gasteiger partial charge is 0.303 e. The van der Waals surface area contributed by atoms with Gasteiger partial charge in [-0.25, -0.2) is 0 Å². The first kappa shape index (κ1) is 16.8. The van der Waals surface area contributed by atoms with Gasteiger partial charge in [-0.05, 0) is 0 Å². The van der Waals surface area contributed by atoms with Crippen molar-refractivity contribution in [1.29, 1.82) is 0 Å². The molecular formula is C12H21NO7. The van der Waals surface area contributed by atoms with Crippen LogP contribution in [0.5, 0.6) is 0 Å². The van der Waals surface area contributed by atoms with E-state index in [1.165, 1.54) is 28.1 Å². The first-order valence-electron chi connectivity index (χ1n) is 6.20. The predicted octanol–water partition coefficient (Wildman–Crippen LogP) is -1.20. The van der Waals surface area contributed by atoms with Gasteiger partial charge in [-0.2, -0.15) is 0 Å². The number of methoxy groups -OCH3 is 2. The number of aliphatic hydroxyl groups is 1. The van der Waals surface area contributed by atoms with Crippen LogP contribution in [0.3, 0.4) is 0 Å². The van der Waals surface area contributed by atoms with Gasteiger partial charge in [0, 0.05) is 28.1 Å². The van der Waals surface area contributed by atoms with Crippen molar-refractivity contribution in [2.45, 2.75) is 44.5 Å². The van der Waals surface area contributed by atoms with Gasteiger partial charge in [0.15, 0.2) is 12.4 Å². The summed E-state index contributed by atoms with van der Waals surface area (Å²) >= 11 is 0. The molecule has 1 saturated heterocycles. The quantitative estimate of drug-likeness (QED) is 0.613. The van der Waals surface area contributed by atoms with Gasteiger partial charge >= 0.3 is 5.97 Å². The molecular weight excluding hydrogens is 270 g/mol. The maximum Gasteiger partial charge on any atom is 0.303 e. The van der Waals surface area contributed by atoms with E-state index in [-0.39, 0.29) is 12.5 Å². The second-order valence-electron chi connectivity index (χ2n) is 4.52. The average molecular weight is 291 g/mol. The number of amides is 1. The second kappa shape index (κ2) is 7.53. The highest BCUT2D eigenvalue weighted by Crippen LogP contribution is 2.25. The van der Waals surface area contributed by atoms with Gasteiger partial charge in [0.1, 0.15) is 18.2 Å². The van der Waals surface area contributed by atoms with Gasteiger partial charge in [-0.15, -0.1) is 0 Å². The first-order valence-corrected chi connectivity index (χ1v) is 6.20. The molecule has 8 heteroatoms. The summed E-state index contributed by atoms with van der Waals surface area (Å²) in [5.41, 5.74) is 0. The molecule has 1 amide bonds. The molecule has 0 spiro atoms. The van der Waals surface area contributed by atoms with E-state index in [0.717, 1.165) is 0 Å². The van der Waals surface area contributed by atoms with Crippen LogP contribution >= 0.6 is 0 Å². The summed E-state index contributed by atoms with van der Waals surface area (Å²) in [5, 5.41) is 12.5. The Balaban J connectivity index is 2.97. The zero-order valence-corrected chi connectivity index (χ0v) is 12.0. The molecule has 1 aliphatic heterocycles. The third-order valence-electron chi connectivity index (χ3n) is 2.94. The zero-order chi connectivity index (χ0) is 15.3. The second-order valence-corrected chi connectivity index (χ2v) is 4.52. The van der Waals surface area contributed by atoms with E-state index < -0.39 is 36.6 Å². The van der Waals surface area contributed by atoms with Crippen LogP contribution in [0, 0.1) is 0 Å². The fourth-order valence-corrected chi connectivity index (χ4v) is 2.22. The van der Waals surface area contributed by atoms with Gasteiger partial charge < -0.3 is 29.4 Å². The van der Waals surface area contributed by atoms with Gasteiger partial charge in [0.2, 0.25) is 5.91 Å². The first-order chi connectivity index (χ1) is 9.40. The Morgan fingerprint density at radius 3 is 2.35 bits per heavy atom. The number of hydrogen-bond donors (Lipinski definition) is 2. The molecule has 0 unspecified atom stereocenters. The molecule has 0 aromatic heterocycles. The van der Waals surface area contributed by atoms with Crippen molar-refractivity contribution in [1.82, 2.24) is 5.32 Å². The summed E-state index contributed by atoms with van der Waals surface area (Å²) in [6, 6.07) is -0.908. The molecule has 5 atom stereocenters. The van der Waals surface area contributed by atoms with Gasteiger partial charge in [-0.3, -0.25) is 9.59 Å². The van der Waals surface area contributed by atoms with E-state index in [1.807, 2.05) is 0 Å². The van der Waals surface area contributed by atoms with Gasteiger partial charge in [-0.1, -0.05) is 0 Å². The fraction of sp³-hybridized carbons (Fsp3) is 0.833. The highest BCUT2D eigenvalue weighted by Gasteiger charge is 2.48. The van der Waals surface area contributed by atoms with Crippen molar-refractivity contribution in [2.75, 3.05) is 20.8 Å². The van der Waals surface area contributed by atoms with Crippen LogP contribution in [-0.4, -0.2) is 68.5 Å². The van der Waals surface area contributed by atoms with E-state index in [2.05, 4.69) is 5.32 Å². The number of nitrogens with one attached hydrogen (secondary N) is 1. The topological polar surface area (TPSA) is 103 Å². The Morgan fingerprint density at radius 1 is 1.25 bits per heavy atom. The summed E-state index contributed by atoms with van der Waals surface area (Å²) in [7, 11) is 2.90. The normalized spacial score (nSPS) is 33.5. The van der Waals surface area contributed by atoms with Crippen molar-refractivity contribution < 1.29 is 33.6 Å². The van der Waals surface area contributed by atoms with Crippen molar-refractivity contribution in [3.05, 3.63) is 0 Å². The Labute approximate surface area is 117 Å². The maximum atomic E-state index is 11.2. The molecule has 116 valence electrons. The minimum absolute atomic E-state index is 0.153. The summed E-state index contributed by atoms with van der Waals surface area (Å²) in [6.45, 7) is 2.69. The third kappa shape index (κ3) is 4.14. The standard InChI is InChI=1S/C12H21NO7/c1-6(14)13-9-11(19-7(2)15)10(18-4)8(5-17-3)20-12(9)16/h8-12,16H,5H2,1-4H3,(H,13,14)/t8-,9-,10-,11-,12+/m1/s1. The zero-order valence-electron chi connectivity index (χ0n) is 12.0. The molecule has 0 aromatic carbocycles. The minimum atomic E-state index is -1.32. The molecule has 1 fully saturated rings. The molecule has 0 aromatic rings. The lowest BCUT2D eigenvalue weighted by molar-refractivity contribution is -0.264. The van der Waals surface area contributed by atoms with Crippen LogP contribution in [0.2, 0.25) is 0 Å². The Hall–Kier alpha value is -1.22. The lowest BCUT2D eigenvalue weighted by atomic mass is 9.96. The van der Waals surface area contributed by atoms with Crippen molar-refractivity contribution in [3.63, 3.8) is 0 Å². The van der Waals surface area contributed by atoms with Crippen LogP contribution in [0.15, 0.2) is 0 Å². The van der Waals surface area contributed by atoms with Crippen LogP contribution in [0.25, 0.3) is 0 Å². The van der Waals surface area contributed by atoms with Crippen molar-refractivity contribution >= 4 is 11.9 Å². The minimum Gasteiger partial charge on any atom is -0.457 e. The summed E-state index contributed by atoms with van der Waals surface area (Å²) in [4.78, 5) is 22.4. The number of hydrogen-bond acceptors (Lipinski definition) is 7. The summed E-state index contributed by atoms with van der Waals surface area (Å²) in [6.07, 6.45) is -3.48. The SMILES string of the molecule is COC[C@H]1O[C@H](O)[C@H](NC(C)=O)[C@@H](OC(C)=O)[C@@H]1OC. The molecule has 0 aliphatic carbocycles. The Bertz CT molecular complexity index is 349. The lowest BCUT2D eigenvalue weighted by Crippen LogP contribution is -2.65. The average Bonchev–Trinajstić information content (AvgIpc) is 2.33. The Morgan fingerprint density at radius 2 is 1.90 bits per heavy atom. The largest absolute Gasteiger partial charge is 0.457 e. The molecule has 0 saturated carbocycles. The van der Waals surface area contributed by atoms with Gasteiger partial charge in [0.25, 0.3) is 0 Å². The van der Waals surface area contributed by atoms with Crippen LogP contribution in [0.1, 0.15) is 13.8 Å². The van der Waals surface area contributed by atoms with E-state index >= 15 is 0 Å². The number of aliphatic hydroxyl groups excluding tert-OH is 1. The molecule has 1 aliphatic rings. The summed E-state index contributed by atoms with van der Waals surface area (Å²) < 4.78 is 20.8. The molecule has 8 nitrogen and oxygen atoms in total. The predicted molar refractivity (Wildman–Crippen MR) is 66.7 cm³/mol. The molecule has 1 rings (SSSR count). The van der Waals surface area contributed by atoms with Gasteiger partial charge in [0.05, 0.1) is 6.61 Å². The van der Waals surface area contributed by atoms with Crippen LogP contribution < -0.4 is 5.32 Å². The maximum absolute atomic E-state index is 11.2. The number of carbonyl (C=O) groups is 2. The summed E-state index contributed by atoms with van der Waals surface area (Å²) in [5.74, 6) is -0.924. The van der Waals surface area contributed by atoms with Crippen LogP contribution in [-0.2, 0) is 28.5 Å². The molecule has 0 radical (unpaired) electrons. The number of esters is 1.